The molecule has 10 heteroatoms. The summed E-state index contributed by atoms with van der Waals surface area (Å²) in [6.07, 6.45) is 6.47. The van der Waals surface area contributed by atoms with Gasteiger partial charge in [-0.25, -0.2) is 0 Å². The second kappa shape index (κ2) is 9.80. The standard InChI is InChI=1S/C18H15FN3.C6H4N4.Ir.H3N/c1-18(2,3)17-21-14-10-11(19)8-9-12(14)16-20-13-6-4-5-7-15(13)22(16)17;1-2-8-5(7-1)6-9-3-4-10-6;;/h4-8,10H,1-3H3;1-4H;;1H3/q-1;-2;+3;. The van der Waals surface area contributed by atoms with Gasteiger partial charge in [0.25, 0.3) is 0 Å². The van der Waals surface area contributed by atoms with Gasteiger partial charge in [0.05, 0.1) is 16.7 Å². The summed E-state index contributed by atoms with van der Waals surface area (Å²) in [4.78, 5) is 25.1. The zero-order valence-corrected chi connectivity index (χ0v) is 21.2. The van der Waals surface area contributed by atoms with Gasteiger partial charge < -0.3 is 30.5 Å². The largest absolute Gasteiger partial charge is 3.00 e. The van der Waals surface area contributed by atoms with E-state index >= 15 is 0 Å². The number of nitrogens with zero attached hydrogens (tertiary/aromatic N) is 7. The maximum Gasteiger partial charge on any atom is 3.00 e. The Balaban J connectivity index is 0.000000229. The summed E-state index contributed by atoms with van der Waals surface area (Å²) in [6.45, 7) is 6.29. The maximum atomic E-state index is 13.6. The molecule has 0 saturated heterocycles. The molecule has 0 aliphatic heterocycles. The molecule has 0 unspecified atom stereocenters. The number of para-hydroxylation sites is 2. The van der Waals surface area contributed by atoms with E-state index < -0.39 is 0 Å². The first-order valence-corrected chi connectivity index (χ1v) is 10.1. The Morgan fingerprint density at radius 2 is 1.59 bits per heavy atom. The molecule has 0 bridgehead atoms. The van der Waals surface area contributed by atoms with Crippen molar-refractivity contribution >= 4 is 27.6 Å². The molecule has 4 aromatic heterocycles. The minimum Gasteiger partial charge on any atom is -0.443 e. The van der Waals surface area contributed by atoms with E-state index in [-0.39, 0.29) is 37.5 Å². The summed E-state index contributed by atoms with van der Waals surface area (Å²) in [5.41, 5.74) is 3.08. The zero-order valence-electron chi connectivity index (χ0n) is 18.8. The molecular weight excluding hydrogens is 612 g/mol. The van der Waals surface area contributed by atoms with Gasteiger partial charge in [0.1, 0.15) is 5.82 Å². The molecule has 174 valence electrons. The third kappa shape index (κ3) is 4.61. The predicted octanol–water partition coefficient (Wildman–Crippen LogP) is 4.49. The first kappa shape index (κ1) is 25.2. The van der Waals surface area contributed by atoms with Crippen LogP contribution in [0.4, 0.5) is 4.39 Å². The number of halogens is 1. The van der Waals surface area contributed by atoms with Crippen molar-refractivity contribution in [3.63, 3.8) is 0 Å². The summed E-state index contributed by atoms with van der Waals surface area (Å²) in [5, 5.41) is 0.741. The molecule has 0 spiro atoms. The SMILES string of the molecule is CC(C)(C)c1nc2cc(F)c[c-]c2c2nc3ccccc3n12.N.[Ir+3].c1c[n-]c(-c2ncc[n-]2)n1. The van der Waals surface area contributed by atoms with Crippen molar-refractivity contribution in [2.75, 3.05) is 0 Å². The second-order valence-corrected chi connectivity index (χ2v) is 8.28. The van der Waals surface area contributed by atoms with E-state index in [9.17, 15) is 4.39 Å². The molecule has 0 atom stereocenters. The average Bonchev–Trinajstić information content (AvgIpc) is 3.52. The Kier molecular flexibility index (Phi) is 7.26. The molecule has 6 rings (SSSR count). The van der Waals surface area contributed by atoms with Gasteiger partial charge in [0.15, 0.2) is 0 Å². The molecule has 3 N–H and O–H groups in total. The van der Waals surface area contributed by atoms with E-state index in [1.807, 2.05) is 24.3 Å². The van der Waals surface area contributed by atoms with Crippen molar-refractivity contribution in [1.29, 1.82) is 0 Å². The Morgan fingerprint density at radius 1 is 0.941 bits per heavy atom. The third-order valence-corrected chi connectivity index (χ3v) is 4.90. The van der Waals surface area contributed by atoms with Crippen LogP contribution in [-0.4, -0.2) is 24.3 Å². The fraction of sp³-hybridized carbons (Fsp3) is 0.167. The van der Waals surface area contributed by atoms with E-state index in [1.165, 1.54) is 12.1 Å². The van der Waals surface area contributed by atoms with Crippen LogP contribution in [-0.2, 0) is 25.5 Å². The van der Waals surface area contributed by atoms with Gasteiger partial charge in [0, 0.05) is 11.2 Å². The van der Waals surface area contributed by atoms with E-state index in [1.54, 1.807) is 24.8 Å². The number of rotatable bonds is 1. The molecule has 0 amide bonds. The molecule has 6 aromatic rings. The van der Waals surface area contributed by atoms with Gasteiger partial charge in [-0.05, 0) is 17.6 Å². The average molecular weight is 634 g/mol. The van der Waals surface area contributed by atoms with Crippen LogP contribution in [0.2, 0.25) is 0 Å². The second-order valence-electron chi connectivity index (χ2n) is 8.28. The molecule has 0 aliphatic carbocycles. The van der Waals surface area contributed by atoms with Crippen LogP contribution < -0.4 is 16.1 Å². The Labute approximate surface area is 209 Å². The molecular formula is C24H22FIrN8. The van der Waals surface area contributed by atoms with E-state index in [0.717, 1.165) is 27.9 Å². The molecule has 0 saturated carbocycles. The summed E-state index contributed by atoms with van der Waals surface area (Å²) in [6, 6.07) is 13.7. The first-order valence-electron chi connectivity index (χ1n) is 10.1. The van der Waals surface area contributed by atoms with Crippen LogP contribution in [0.5, 0.6) is 0 Å². The van der Waals surface area contributed by atoms with Crippen molar-refractivity contribution in [3.05, 3.63) is 78.9 Å². The van der Waals surface area contributed by atoms with Crippen molar-refractivity contribution in [3.8, 4) is 11.6 Å². The Morgan fingerprint density at radius 3 is 2.18 bits per heavy atom. The first-order chi connectivity index (χ1) is 15.4. The van der Waals surface area contributed by atoms with Crippen molar-refractivity contribution in [2.24, 2.45) is 0 Å². The van der Waals surface area contributed by atoms with Crippen LogP contribution in [0.15, 0.2) is 61.2 Å². The Bertz CT molecular complexity index is 1480. The molecule has 0 radical (unpaired) electrons. The van der Waals surface area contributed by atoms with Gasteiger partial charge in [-0.3, -0.25) is 14.4 Å². The number of hydrogen-bond acceptors (Lipinski definition) is 5. The van der Waals surface area contributed by atoms with Crippen LogP contribution >= 0.6 is 0 Å². The maximum absolute atomic E-state index is 13.6. The van der Waals surface area contributed by atoms with E-state index in [2.05, 4.69) is 51.2 Å². The number of fused-ring (bicyclic) bond motifs is 5. The quantitative estimate of drug-likeness (QED) is 0.265. The molecule has 2 aromatic carbocycles. The van der Waals surface area contributed by atoms with Crippen molar-refractivity contribution in [2.45, 2.75) is 26.2 Å². The summed E-state index contributed by atoms with van der Waals surface area (Å²) >= 11 is 0. The van der Waals surface area contributed by atoms with Gasteiger partial charge >= 0.3 is 20.1 Å². The summed E-state index contributed by atoms with van der Waals surface area (Å²) in [7, 11) is 0. The predicted molar refractivity (Wildman–Crippen MR) is 125 cm³/mol. The molecule has 0 aliphatic rings. The minimum atomic E-state index is -0.333. The van der Waals surface area contributed by atoms with Gasteiger partial charge in [0.2, 0.25) is 0 Å². The molecule has 0 fully saturated rings. The smallest absolute Gasteiger partial charge is 0.443 e. The van der Waals surface area contributed by atoms with Crippen LogP contribution in [0.25, 0.3) is 39.2 Å². The fourth-order valence-corrected chi connectivity index (χ4v) is 3.52. The molecule has 4 heterocycles. The normalized spacial score (nSPS) is 11.1. The molecule has 8 nitrogen and oxygen atoms in total. The van der Waals surface area contributed by atoms with Gasteiger partial charge in [-0.1, -0.05) is 80.8 Å². The van der Waals surface area contributed by atoms with Gasteiger partial charge in [-0.2, -0.15) is 0 Å². The Hall–Kier alpha value is -3.46. The summed E-state index contributed by atoms with van der Waals surface area (Å²) < 4.78 is 15.6. The van der Waals surface area contributed by atoms with E-state index in [4.69, 9.17) is 9.97 Å². The van der Waals surface area contributed by atoms with E-state index in [0.29, 0.717) is 17.2 Å². The van der Waals surface area contributed by atoms with Crippen molar-refractivity contribution < 1.29 is 24.5 Å². The topological polar surface area (TPSA) is 119 Å². The van der Waals surface area contributed by atoms with Crippen LogP contribution in [0.3, 0.4) is 0 Å². The summed E-state index contributed by atoms with van der Waals surface area (Å²) in [5.74, 6) is 1.71. The number of aromatic nitrogens is 7. The monoisotopic (exact) mass is 634 g/mol. The minimum absolute atomic E-state index is 0. The number of imidazole rings is 3. The number of benzene rings is 2. The number of hydrogen-bond donors (Lipinski definition) is 1. The van der Waals surface area contributed by atoms with Crippen molar-refractivity contribution in [1.82, 2.24) is 40.5 Å². The fourth-order valence-electron chi connectivity index (χ4n) is 3.52. The van der Waals surface area contributed by atoms with Crippen LogP contribution in [0, 0.1) is 11.9 Å². The third-order valence-electron chi connectivity index (χ3n) is 4.90. The molecule has 34 heavy (non-hydrogen) atoms. The zero-order chi connectivity index (χ0) is 22.3. The van der Waals surface area contributed by atoms with Gasteiger partial charge in [-0.15, -0.1) is 12.1 Å². The van der Waals surface area contributed by atoms with Crippen LogP contribution in [0.1, 0.15) is 26.6 Å².